The Bertz CT molecular complexity index is 923. The van der Waals surface area contributed by atoms with Crippen LogP contribution in [0.5, 0.6) is 5.75 Å². The summed E-state index contributed by atoms with van der Waals surface area (Å²) >= 11 is 0. The van der Waals surface area contributed by atoms with Gasteiger partial charge in [0.25, 0.3) is 11.8 Å². The maximum absolute atomic E-state index is 12.4. The topological polar surface area (TPSA) is 62.4 Å². The predicted octanol–water partition coefficient (Wildman–Crippen LogP) is 3.02. The van der Waals surface area contributed by atoms with Crippen molar-refractivity contribution in [3.05, 3.63) is 65.4 Å². The average molecular weight is 320 g/mol. The van der Waals surface area contributed by atoms with Crippen molar-refractivity contribution in [1.29, 1.82) is 0 Å². The number of H-pyrrole nitrogens is 1. The first-order valence-corrected chi connectivity index (χ1v) is 7.79. The van der Waals surface area contributed by atoms with Crippen molar-refractivity contribution in [2.24, 2.45) is 0 Å². The molecule has 1 aromatic heterocycles. The van der Waals surface area contributed by atoms with Gasteiger partial charge >= 0.3 is 0 Å². The Morgan fingerprint density at radius 3 is 2.38 bits per heavy atom. The summed E-state index contributed by atoms with van der Waals surface area (Å²) in [7, 11) is 1.63. The average Bonchev–Trinajstić information content (AvgIpc) is 3.14. The molecule has 2 aromatic carbocycles. The number of aromatic nitrogens is 1. The highest BCUT2D eigenvalue weighted by Gasteiger charge is 2.34. The molecule has 0 saturated carbocycles. The lowest BCUT2D eigenvalue weighted by atomic mass is 10.1. The number of ether oxygens (including phenoxy) is 1. The van der Waals surface area contributed by atoms with Crippen LogP contribution in [0.2, 0.25) is 0 Å². The Kier molecular flexibility index (Phi) is 3.34. The van der Waals surface area contributed by atoms with Gasteiger partial charge in [0.1, 0.15) is 5.75 Å². The largest absolute Gasteiger partial charge is 0.496 e. The van der Waals surface area contributed by atoms with Gasteiger partial charge < -0.3 is 9.72 Å². The molecule has 0 aliphatic carbocycles. The lowest BCUT2D eigenvalue weighted by Crippen LogP contribution is -2.31. The molecule has 120 valence electrons. The Morgan fingerprint density at radius 1 is 1.00 bits per heavy atom. The summed E-state index contributed by atoms with van der Waals surface area (Å²) < 4.78 is 5.42. The number of benzene rings is 2. The van der Waals surface area contributed by atoms with E-state index < -0.39 is 0 Å². The minimum absolute atomic E-state index is 0.220. The minimum Gasteiger partial charge on any atom is -0.496 e. The van der Waals surface area contributed by atoms with Crippen LogP contribution in [0.1, 0.15) is 26.3 Å². The van der Waals surface area contributed by atoms with E-state index in [0.717, 1.165) is 22.2 Å². The van der Waals surface area contributed by atoms with Gasteiger partial charge in [0.05, 0.1) is 18.2 Å². The van der Waals surface area contributed by atoms with Gasteiger partial charge in [0.2, 0.25) is 0 Å². The molecule has 1 aliphatic heterocycles. The zero-order valence-corrected chi connectivity index (χ0v) is 13.2. The van der Waals surface area contributed by atoms with Crippen molar-refractivity contribution in [3.8, 4) is 5.75 Å². The van der Waals surface area contributed by atoms with E-state index in [4.69, 9.17) is 4.74 Å². The van der Waals surface area contributed by atoms with Gasteiger partial charge in [-0.2, -0.15) is 0 Å². The number of imide groups is 1. The first kappa shape index (κ1) is 14.5. The highest BCUT2D eigenvalue weighted by molar-refractivity contribution is 6.21. The smallest absolute Gasteiger partial charge is 0.261 e. The second-order valence-corrected chi connectivity index (χ2v) is 5.75. The first-order valence-electron chi connectivity index (χ1n) is 7.79. The molecule has 5 nitrogen and oxygen atoms in total. The van der Waals surface area contributed by atoms with Crippen molar-refractivity contribution in [2.45, 2.75) is 6.42 Å². The minimum atomic E-state index is -0.220. The van der Waals surface area contributed by atoms with E-state index in [0.29, 0.717) is 24.1 Å². The van der Waals surface area contributed by atoms with E-state index in [-0.39, 0.29) is 11.8 Å². The lowest BCUT2D eigenvalue weighted by molar-refractivity contribution is 0.0656. The van der Waals surface area contributed by atoms with Crippen molar-refractivity contribution in [3.63, 3.8) is 0 Å². The second-order valence-electron chi connectivity index (χ2n) is 5.75. The van der Waals surface area contributed by atoms with E-state index in [1.807, 2.05) is 24.4 Å². The SMILES string of the molecule is COc1cccc2[nH]cc(CCN3C(=O)c4ccccc4C3=O)c12. The van der Waals surface area contributed by atoms with Gasteiger partial charge in [-0.1, -0.05) is 18.2 Å². The summed E-state index contributed by atoms with van der Waals surface area (Å²) in [5, 5.41) is 0.997. The number of carbonyl (C=O) groups excluding carboxylic acids is 2. The summed E-state index contributed by atoms with van der Waals surface area (Å²) in [5.41, 5.74) is 2.98. The normalized spacial score (nSPS) is 13.6. The van der Waals surface area contributed by atoms with Crippen LogP contribution in [-0.4, -0.2) is 35.4 Å². The van der Waals surface area contributed by atoms with Crippen molar-refractivity contribution in [2.75, 3.05) is 13.7 Å². The van der Waals surface area contributed by atoms with Gasteiger partial charge in [-0.15, -0.1) is 0 Å². The van der Waals surface area contributed by atoms with Gasteiger partial charge in [-0.05, 0) is 36.2 Å². The van der Waals surface area contributed by atoms with Gasteiger partial charge in [0.15, 0.2) is 0 Å². The fourth-order valence-electron chi connectivity index (χ4n) is 3.26. The lowest BCUT2D eigenvalue weighted by Gasteiger charge is -2.13. The molecule has 0 fully saturated rings. The molecule has 0 radical (unpaired) electrons. The number of nitrogens with zero attached hydrogens (tertiary/aromatic N) is 1. The Hall–Kier alpha value is -3.08. The molecular formula is C19H16N2O3. The number of carbonyl (C=O) groups is 2. The molecule has 3 aromatic rings. The van der Waals surface area contributed by atoms with Gasteiger partial charge in [0, 0.05) is 23.6 Å². The molecule has 1 N–H and O–H groups in total. The number of aromatic amines is 1. The fraction of sp³-hybridized carbons (Fsp3) is 0.158. The molecule has 2 heterocycles. The van der Waals surface area contributed by atoms with Crippen LogP contribution < -0.4 is 4.74 Å². The standard InChI is InChI=1S/C19H16N2O3/c1-24-16-8-4-7-15-17(16)12(11-20-15)9-10-21-18(22)13-5-2-3-6-14(13)19(21)23/h2-8,11,20H,9-10H2,1H3. The summed E-state index contributed by atoms with van der Waals surface area (Å²) in [6, 6.07) is 12.8. The highest BCUT2D eigenvalue weighted by atomic mass is 16.5. The Balaban J connectivity index is 1.61. The van der Waals surface area contributed by atoms with Crippen LogP contribution in [-0.2, 0) is 6.42 Å². The maximum Gasteiger partial charge on any atom is 0.261 e. The number of fused-ring (bicyclic) bond motifs is 2. The van der Waals surface area contributed by atoms with E-state index in [2.05, 4.69) is 4.98 Å². The molecule has 1 aliphatic rings. The van der Waals surface area contributed by atoms with E-state index >= 15 is 0 Å². The number of amides is 2. The molecule has 0 atom stereocenters. The zero-order valence-electron chi connectivity index (χ0n) is 13.2. The van der Waals surface area contributed by atoms with E-state index in [1.54, 1.807) is 31.4 Å². The van der Waals surface area contributed by atoms with Crippen LogP contribution >= 0.6 is 0 Å². The Morgan fingerprint density at radius 2 is 1.71 bits per heavy atom. The van der Waals surface area contributed by atoms with Crippen LogP contribution in [0.25, 0.3) is 10.9 Å². The zero-order chi connectivity index (χ0) is 16.7. The molecule has 4 rings (SSSR count). The monoisotopic (exact) mass is 320 g/mol. The summed E-state index contributed by atoms with van der Waals surface area (Å²) in [4.78, 5) is 29.4. The molecule has 0 saturated heterocycles. The maximum atomic E-state index is 12.4. The number of rotatable bonds is 4. The third kappa shape index (κ3) is 2.09. The summed E-state index contributed by atoms with van der Waals surface area (Å²) in [6.45, 7) is 0.345. The number of nitrogens with one attached hydrogen (secondary N) is 1. The molecule has 0 unspecified atom stereocenters. The molecule has 5 heteroatoms. The van der Waals surface area contributed by atoms with Crippen molar-refractivity contribution in [1.82, 2.24) is 9.88 Å². The third-order valence-electron chi connectivity index (χ3n) is 4.45. The van der Waals surface area contributed by atoms with E-state index in [9.17, 15) is 9.59 Å². The van der Waals surface area contributed by atoms with Crippen LogP contribution in [0.15, 0.2) is 48.7 Å². The van der Waals surface area contributed by atoms with Gasteiger partial charge in [-0.3, -0.25) is 14.5 Å². The molecular weight excluding hydrogens is 304 g/mol. The highest BCUT2D eigenvalue weighted by Crippen LogP contribution is 2.29. The van der Waals surface area contributed by atoms with Crippen LogP contribution in [0, 0.1) is 0 Å². The molecule has 0 spiro atoms. The Labute approximate surface area is 138 Å². The molecule has 0 bridgehead atoms. The quantitative estimate of drug-likeness (QED) is 0.752. The fourth-order valence-corrected chi connectivity index (χ4v) is 3.26. The number of hydrogen-bond acceptors (Lipinski definition) is 3. The molecule has 24 heavy (non-hydrogen) atoms. The summed E-state index contributed by atoms with van der Waals surface area (Å²) in [5.74, 6) is 0.343. The predicted molar refractivity (Wildman–Crippen MR) is 90.4 cm³/mol. The van der Waals surface area contributed by atoms with Crippen molar-refractivity contribution >= 4 is 22.7 Å². The van der Waals surface area contributed by atoms with Crippen LogP contribution in [0.3, 0.4) is 0 Å². The van der Waals surface area contributed by atoms with Gasteiger partial charge in [-0.25, -0.2) is 0 Å². The van der Waals surface area contributed by atoms with E-state index in [1.165, 1.54) is 4.90 Å². The number of hydrogen-bond donors (Lipinski definition) is 1. The molecule has 2 amide bonds. The summed E-state index contributed by atoms with van der Waals surface area (Å²) in [6.07, 6.45) is 2.48. The second kappa shape index (κ2) is 5.53. The first-order chi connectivity index (χ1) is 11.7. The van der Waals surface area contributed by atoms with Crippen molar-refractivity contribution < 1.29 is 14.3 Å². The number of methoxy groups -OCH3 is 1. The van der Waals surface area contributed by atoms with Crippen LogP contribution in [0.4, 0.5) is 0 Å². The third-order valence-corrected chi connectivity index (χ3v) is 4.45.